The molecule has 4 rings (SSSR count). The number of hydrogen-bond donors (Lipinski definition) is 0. The van der Waals surface area contributed by atoms with Crippen LogP contribution in [0, 0.1) is 0 Å². The van der Waals surface area contributed by atoms with Crippen LogP contribution in [0.2, 0.25) is 0 Å². The molecule has 1 fully saturated rings. The molecule has 0 unspecified atom stereocenters. The highest BCUT2D eigenvalue weighted by atomic mass is 16.2. The molecule has 0 saturated carbocycles. The van der Waals surface area contributed by atoms with Crippen LogP contribution in [0.25, 0.3) is 0 Å². The third-order valence-corrected chi connectivity index (χ3v) is 5.46. The van der Waals surface area contributed by atoms with Crippen molar-refractivity contribution in [1.29, 1.82) is 0 Å². The topological polar surface area (TPSA) is 65.5 Å². The van der Waals surface area contributed by atoms with Crippen LogP contribution in [0.15, 0.2) is 30.9 Å². The number of carbonyl (C=O) groups excluding carboxylic acids is 1. The zero-order valence-corrected chi connectivity index (χ0v) is 16.0. The van der Waals surface area contributed by atoms with Crippen molar-refractivity contribution in [3.05, 3.63) is 47.7 Å². The summed E-state index contributed by atoms with van der Waals surface area (Å²) in [6, 6.07) is 3.67. The summed E-state index contributed by atoms with van der Waals surface area (Å²) < 4.78 is 0. The maximum Gasteiger partial charge on any atom is 0.244 e. The third-order valence-electron chi connectivity index (χ3n) is 5.46. The van der Waals surface area contributed by atoms with E-state index in [9.17, 15) is 4.79 Å². The second-order valence-corrected chi connectivity index (χ2v) is 7.46. The van der Waals surface area contributed by atoms with Gasteiger partial charge in [0, 0.05) is 38.6 Å². The van der Waals surface area contributed by atoms with Crippen molar-refractivity contribution >= 4 is 11.7 Å². The maximum absolute atomic E-state index is 13.5. The molecule has 0 radical (unpaired) electrons. The Morgan fingerprint density at radius 1 is 1.19 bits per heavy atom. The van der Waals surface area contributed by atoms with E-state index in [-0.39, 0.29) is 11.9 Å². The highest BCUT2D eigenvalue weighted by molar-refractivity contribution is 5.83. The molecule has 7 heteroatoms. The Kier molecular flexibility index (Phi) is 5.03. The van der Waals surface area contributed by atoms with Crippen molar-refractivity contribution in [2.75, 3.05) is 38.6 Å². The first-order chi connectivity index (χ1) is 13.1. The Morgan fingerprint density at radius 2 is 2.00 bits per heavy atom. The average molecular weight is 366 g/mol. The minimum atomic E-state index is -0.252. The molecule has 1 atom stereocenters. The predicted molar refractivity (Wildman–Crippen MR) is 103 cm³/mol. The normalized spacial score (nSPS) is 18.2. The summed E-state index contributed by atoms with van der Waals surface area (Å²) in [5.74, 6) is 1.11. The molecular weight excluding hydrogens is 340 g/mol. The third kappa shape index (κ3) is 3.51. The zero-order valence-electron chi connectivity index (χ0n) is 16.0. The molecule has 4 heterocycles. The van der Waals surface area contributed by atoms with Crippen LogP contribution < -0.4 is 4.90 Å². The molecular formula is C20H26N6O. The number of rotatable bonds is 4. The summed E-state index contributed by atoms with van der Waals surface area (Å²) in [6.45, 7) is 3.16. The van der Waals surface area contributed by atoms with Gasteiger partial charge in [-0.1, -0.05) is 6.07 Å². The molecule has 2 aliphatic heterocycles. The van der Waals surface area contributed by atoms with E-state index < -0.39 is 0 Å². The summed E-state index contributed by atoms with van der Waals surface area (Å²) in [4.78, 5) is 32.9. The van der Waals surface area contributed by atoms with E-state index in [1.165, 1.54) is 0 Å². The van der Waals surface area contributed by atoms with Gasteiger partial charge in [0.25, 0.3) is 0 Å². The Bertz CT molecular complexity index is 803. The van der Waals surface area contributed by atoms with Crippen molar-refractivity contribution in [2.24, 2.45) is 0 Å². The van der Waals surface area contributed by atoms with Gasteiger partial charge in [0.05, 0.1) is 12.2 Å². The Morgan fingerprint density at radius 3 is 2.70 bits per heavy atom. The molecule has 0 bridgehead atoms. The lowest BCUT2D eigenvalue weighted by Gasteiger charge is -2.35. The second kappa shape index (κ2) is 7.60. The molecule has 27 heavy (non-hydrogen) atoms. The highest BCUT2D eigenvalue weighted by Crippen LogP contribution is 2.30. The van der Waals surface area contributed by atoms with Crippen LogP contribution in [0.1, 0.15) is 35.7 Å². The Balaban J connectivity index is 1.60. The van der Waals surface area contributed by atoms with Crippen molar-refractivity contribution in [1.82, 2.24) is 24.8 Å². The van der Waals surface area contributed by atoms with Crippen molar-refractivity contribution in [3.8, 4) is 0 Å². The lowest BCUT2D eigenvalue weighted by atomic mass is 10.0. The number of hydrogen-bond acceptors (Lipinski definition) is 6. The molecule has 7 nitrogen and oxygen atoms in total. The Hall–Kier alpha value is -2.54. The van der Waals surface area contributed by atoms with E-state index >= 15 is 0 Å². The number of anilines is 1. The minimum absolute atomic E-state index is 0.153. The van der Waals surface area contributed by atoms with E-state index in [0.717, 1.165) is 55.0 Å². The van der Waals surface area contributed by atoms with Crippen molar-refractivity contribution in [2.45, 2.75) is 31.8 Å². The van der Waals surface area contributed by atoms with E-state index in [2.05, 4.69) is 19.9 Å². The van der Waals surface area contributed by atoms with Gasteiger partial charge in [0.15, 0.2) is 0 Å². The van der Waals surface area contributed by atoms with Gasteiger partial charge in [0.2, 0.25) is 5.91 Å². The summed E-state index contributed by atoms with van der Waals surface area (Å²) in [7, 11) is 3.98. The first kappa shape index (κ1) is 17.9. The molecule has 0 aromatic carbocycles. The maximum atomic E-state index is 13.5. The second-order valence-electron chi connectivity index (χ2n) is 7.46. The number of amides is 1. The van der Waals surface area contributed by atoms with E-state index in [1.807, 2.05) is 42.2 Å². The molecule has 1 amide bonds. The van der Waals surface area contributed by atoms with Crippen molar-refractivity contribution < 1.29 is 4.79 Å². The number of aromatic nitrogens is 3. The monoisotopic (exact) mass is 366 g/mol. The van der Waals surface area contributed by atoms with Gasteiger partial charge in [-0.15, -0.1) is 0 Å². The van der Waals surface area contributed by atoms with Gasteiger partial charge in [-0.3, -0.25) is 14.7 Å². The summed E-state index contributed by atoms with van der Waals surface area (Å²) in [5.41, 5.74) is 3.09. The van der Waals surface area contributed by atoms with E-state index in [4.69, 9.17) is 0 Å². The van der Waals surface area contributed by atoms with Crippen LogP contribution in [0.5, 0.6) is 0 Å². The Labute approximate surface area is 160 Å². The van der Waals surface area contributed by atoms with Gasteiger partial charge in [-0.2, -0.15) is 0 Å². The summed E-state index contributed by atoms with van der Waals surface area (Å²) in [6.07, 6.45) is 8.26. The molecule has 2 aromatic heterocycles. The first-order valence-electron chi connectivity index (χ1n) is 9.58. The molecule has 2 aromatic rings. The standard InChI is InChI=1S/C20H26N6O/c1-24(2)19-16-7-11-26(13-17(16)22-14-23-19)20(27)18(25-9-3-4-10-25)15-6-5-8-21-12-15/h5-6,8,12,14,18H,3-4,7,9-11,13H2,1-2H3/t18-/m0/s1. The lowest BCUT2D eigenvalue weighted by Crippen LogP contribution is -2.44. The van der Waals surface area contributed by atoms with E-state index in [1.54, 1.807) is 12.5 Å². The summed E-state index contributed by atoms with van der Waals surface area (Å²) >= 11 is 0. The highest BCUT2D eigenvalue weighted by Gasteiger charge is 2.35. The fourth-order valence-electron chi connectivity index (χ4n) is 4.13. The average Bonchev–Trinajstić information content (AvgIpc) is 3.22. The smallest absolute Gasteiger partial charge is 0.244 e. The van der Waals surface area contributed by atoms with Crippen LogP contribution >= 0.6 is 0 Å². The van der Waals surface area contributed by atoms with Crippen LogP contribution in [0.4, 0.5) is 5.82 Å². The van der Waals surface area contributed by atoms with E-state index in [0.29, 0.717) is 13.1 Å². The molecule has 0 aliphatic carbocycles. The lowest BCUT2D eigenvalue weighted by molar-refractivity contribution is -0.138. The molecule has 0 N–H and O–H groups in total. The van der Waals surface area contributed by atoms with Crippen LogP contribution in [0.3, 0.4) is 0 Å². The molecule has 142 valence electrons. The fraction of sp³-hybridized carbons (Fsp3) is 0.500. The van der Waals surface area contributed by atoms with Crippen LogP contribution in [-0.4, -0.2) is 64.4 Å². The summed E-state index contributed by atoms with van der Waals surface area (Å²) in [5, 5.41) is 0. The van der Waals surface area contributed by atoms with Gasteiger partial charge < -0.3 is 9.80 Å². The number of carbonyl (C=O) groups is 1. The van der Waals surface area contributed by atoms with Crippen molar-refractivity contribution in [3.63, 3.8) is 0 Å². The molecule has 1 saturated heterocycles. The fourth-order valence-corrected chi connectivity index (χ4v) is 4.13. The zero-order chi connectivity index (χ0) is 18.8. The molecule has 0 spiro atoms. The number of fused-ring (bicyclic) bond motifs is 1. The van der Waals surface area contributed by atoms with Gasteiger partial charge >= 0.3 is 0 Å². The molecule has 2 aliphatic rings. The van der Waals surface area contributed by atoms with Gasteiger partial charge in [-0.05, 0) is 44.0 Å². The first-order valence-corrected chi connectivity index (χ1v) is 9.58. The number of nitrogens with zero attached hydrogens (tertiary/aromatic N) is 6. The van der Waals surface area contributed by atoms with Crippen LogP contribution in [-0.2, 0) is 17.8 Å². The number of likely N-dealkylation sites (tertiary alicyclic amines) is 1. The quantitative estimate of drug-likeness (QED) is 0.820. The van der Waals surface area contributed by atoms with Gasteiger partial charge in [0.1, 0.15) is 18.2 Å². The SMILES string of the molecule is CN(C)c1ncnc2c1CCN(C(=O)[C@H](c1cccnc1)N1CCCC1)C2. The number of pyridine rings is 1. The predicted octanol–water partition coefficient (Wildman–Crippen LogP) is 1.66. The largest absolute Gasteiger partial charge is 0.362 e. The minimum Gasteiger partial charge on any atom is -0.362 e. The van der Waals surface area contributed by atoms with Gasteiger partial charge in [-0.25, -0.2) is 9.97 Å².